The second-order valence-electron chi connectivity index (χ2n) is 9.63. The Balaban J connectivity index is 1.84. The van der Waals surface area contributed by atoms with E-state index in [2.05, 4.69) is 15.5 Å². The van der Waals surface area contributed by atoms with Crippen molar-refractivity contribution in [1.29, 1.82) is 0 Å². The first kappa shape index (κ1) is 28.2. The second-order valence-corrected chi connectivity index (χ2v) is 9.63. The van der Waals surface area contributed by atoms with Crippen LogP contribution in [0.2, 0.25) is 0 Å². The van der Waals surface area contributed by atoms with Crippen LogP contribution in [0.1, 0.15) is 11.1 Å². The SMILES string of the molecule is COc1ccc(-n2c(=O)c3c(CN(C)C)c(-c4ccc(NC(N)=O)cc4)cn3n(Cc3c(F)cccc3F)c2=O)nn1. The van der Waals surface area contributed by atoms with E-state index >= 15 is 0 Å². The fourth-order valence-electron chi connectivity index (χ4n) is 4.67. The van der Waals surface area contributed by atoms with E-state index in [4.69, 9.17) is 10.5 Å². The Hall–Kier alpha value is -5.37. The highest BCUT2D eigenvalue weighted by Gasteiger charge is 2.24. The number of nitrogens with zero attached hydrogens (tertiary/aromatic N) is 6. The minimum Gasteiger partial charge on any atom is -0.480 e. The van der Waals surface area contributed by atoms with Gasteiger partial charge in [0.1, 0.15) is 17.2 Å². The van der Waals surface area contributed by atoms with E-state index in [1.165, 1.54) is 29.8 Å². The summed E-state index contributed by atoms with van der Waals surface area (Å²) in [5.74, 6) is -1.64. The summed E-state index contributed by atoms with van der Waals surface area (Å²) in [4.78, 5) is 41.1. The van der Waals surface area contributed by atoms with E-state index in [1.807, 2.05) is 19.0 Å². The molecule has 0 aliphatic rings. The van der Waals surface area contributed by atoms with Crippen molar-refractivity contribution >= 4 is 17.2 Å². The Labute approximate surface area is 237 Å². The molecule has 2 amide bonds. The van der Waals surface area contributed by atoms with Crippen molar-refractivity contribution in [3.05, 3.63) is 104 Å². The zero-order chi connectivity index (χ0) is 30.1. The minimum atomic E-state index is -0.895. The molecule has 0 spiro atoms. The molecule has 3 heterocycles. The van der Waals surface area contributed by atoms with Gasteiger partial charge in [-0.3, -0.25) is 9.31 Å². The van der Waals surface area contributed by atoms with Crippen molar-refractivity contribution in [3.63, 3.8) is 0 Å². The fraction of sp³-hybridized carbons (Fsp3) is 0.179. The van der Waals surface area contributed by atoms with Gasteiger partial charge < -0.3 is 20.7 Å². The zero-order valence-corrected chi connectivity index (χ0v) is 22.8. The lowest BCUT2D eigenvalue weighted by molar-refractivity contribution is 0.259. The van der Waals surface area contributed by atoms with E-state index < -0.39 is 35.5 Å². The summed E-state index contributed by atoms with van der Waals surface area (Å²) in [6.07, 6.45) is 1.57. The number of fused-ring (bicyclic) bond motifs is 1. The van der Waals surface area contributed by atoms with Crippen LogP contribution in [0.5, 0.6) is 5.88 Å². The zero-order valence-electron chi connectivity index (χ0n) is 22.8. The Bertz CT molecular complexity index is 1890. The number of carbonyl (C=O) groups excluding carboxylic acids is 1. The molecule has 5 rings (SSSR count). The van der Waals surface area contributed by atoms with Gasteiger partial charge in [-0.15, -0.1) is 10.2 Å². The fourth-order valence-corrected chi connectivity index (χ4v) is 4.67. The highest BCUT2D eigenvalue weighted by Crippen LogP contribution is 2.30. The maximum Gasteiger partial charge on any atom is 0.352 e. The number of aromatic nitrogens is 5. The van der Waals surface area contributed by atoms with Crippen LogP contribution in [-0.4, -0.2) is 56.1 Å². The molecule has 12 nitrogen and oxygen atoms in total. The maximum atomic E-state index is 14.8. The van der Waals surface area contributed by atoms with Gasteiger partial charge in [0.15, 0.2) is 5.82 Å². The summed E-state index contributed by atoms with van der Waals surface area (Å²) in [5, 5.41) is 10.3. The van der Waals surface area contributed by atoms with Crippen molar-refractivity contribution in [2.45, 2.75) is 13.1 Å². The number of hydrogen-bond acceptors (Lipinski definition) is 7. The molecule has 0 fully saturated rings. The number of nitrogens with two attached hydrogens (primary N) is 1. The average molecular weight is 577 g/mol. The number of halogens is 2. The minimum absolute atomic E-state index is 0.0898. The Kier molecular flexibility index (Phi) is 7.55. The number of primary amides is 1. The van der Waals surface area contributed by atoms with Crippen molar-refractivity contribution in [2.24, 2.45) is 5.73 Å². The quantitative estimate of drug-likeness (QED) is 0.289. The van der Waals surface area contributed by atoms with Crippen molar-refractivity contribution in [3.8, 4) is 22.8 Å². The largest absolute Gasteiger partial charge is 0.480 e. The van der Waals surface area contributed by atoms with Crippen LogP contribution in [0.3, 0.4) is 0 Å². The molecule has 3 N–H and O–H groups in total. The monoisotopic (exact) mass is 576 g/mol. The maximum absolute atomic E-state index is 14.8. The molecule has 14 heteroatoms. The van der Waals surface area contributed by atoms with Gasteiger partial charge in [0, 0.05) is 41.2 Å². The number of anilines is 1. The predicted octanol–water partition coefficient (Wildman–Crippen LogP) is 2.60. The molecule has 0 radical (unpaired) electrons. The summed E-state index contributed by atoms with van der Waals surface area (Å²) >= 11 is 0. The Morgan fingerprint density at radius 2 is 1.69 bits per heavy atom. The number of carbonyl (C=O) groups is 1. The topological polar surface area (TPSA) is 142 Å². The standard InChI is InChI=1S/C28H26F2N8O4/c1-35(2)13-19-18(16-7-9-17(10-8-16)32-27(31)40)14-36-25(19)26(39)38(23-11-12-24(42-3)34-33-23)28(41)37(36)15-20-21(29)5-4-6-22(20)30/h4-12,14H,13,15H2,1-3H3,(H3,31,32,40). The number of methoxy groups -OCH3 is 1. The Morgan fingerprint density at radius 1 is 1.00 bits per heavy atom. The smallest absolute Gasteiger partial charge is 0.352 e. The Morgan fingerprint density at radius 3 is 2.26 bits per heavy atom. The third-order valence-corrected chi connectivity index (χ3v) is 6.54. The first-order valence-corrected chi connectivity index (χ1v) is 12.6. The van der Waals surface area contributed by atoms with Crippen LogP contribution >= 0.6 is 0 Å². The summed E-state index contributed by atoms with van der Waals surface area (Å²) in [5.41, 5.74) is 5.56. The number of rotatable bonds is 8. The molecular weight excluding hydrogens is 550 g/mol. The van der Waals surface area contributed by atoms with Gasteiger partial charge >= 0.3 is 11.7 Å². The van der Waals surface area contributed by atoms with E-state index in [9.17, 15) is 23.2 Å². The van der Waals surface area contributed by atoms with Gasteiger partial charge in [0.2, 0.25) is 5.88 Å². The number of hydrogen-bond donors (Lipinski definition) is 2. The summed E-state index contributed by atoms with van der Waals surface area (Å²) in [6.45, 7) is -0.266. The van der Waals surface area contributed by atoms with Crippen LogP contribution < -0.4 is 27.0 Å². The number of urea groups is 1. The molecule has 5 aromatic rings. The second kappa shape index (κ2) is 11.2. The molecule has 2 aromatic carbocycles. The van der Waals surface area contributed by atoms with Gasteiger partial charge in [0.05, 0.1) is 13.7 Å². The lowest BCUT2D eigenvalue weighted by Gasteiger charge is -2.15. The molecule has 0 atom stereocenters. The first-order valence-electron chi connectivity index (χ1n) is 12.6. The van der Waals surface area contributed by atoms with Gasteiger partial charge in [-0.2, -0.15) is 0 Å². The molecule has 0 aliphatic carbocycles. The third kappa shape index (κ3) is 5.22. The normalized spacial score (nSPS) is 11.3. The number of nitrogens with one attached hydrogen (secondary N) is 1. The lowest BCUT2D eigenvalue weighted by atomic mass is 10.0. The third-order valence-electron chi connectivity index (χ3n) is 6.54. The lowest BCUT2D eigenvalue weighted by Crippen LogP contribution is -2.43. The van der Waals surface area contributed by atoms with Crippen LogP contribution in [-0.2, 0) is 13.1 Å². The molecular formula is C28H26F2N8O4. The van der Waals surface area contributed by atoms with Gasteiger partial charge in [-0.25, -0.2) is 27.6 Å². The van der Waals surface area contributed by atoms with Gasteiger partial charge in [-0.05, 0) is 50.0 Å². The molecule has 0 aliphatic heterocycles. The van der Waals surface area contributed by atoms with Crippen LogP contribution in [0.4, 0.5) is 19.3 Å². The molecule has 0 bridgehead atoms. The van der Waals surface area contributed by atoms with Crippen molar-refractivity contribution in [1.82, 2.24) is 28.9 Å². The molecule has 216 valence electrons. The van der Waals surface area contributed by atoms with E-state index in [-0.39, 0.29) is 29.3 Å². The summed E-state index contributed by atoms with van der Waals surface area (Å²) in [7, 11) is 5.01. The first-order chi connectivity index (χ1) is 20.1. The van der Waals surface area contributed by atoms with E-state index in [0.29, 0.717) is 22.4 Å². The molecule has 0 saturated heterocycles. The number of benzene rings is 2. The summed E-state index contributed by atoms with van der Waals surface area (Å²) < 4.78 is 37.8. The van der Waals surface area contributed by atoms with Crippen molar-refractivity contribution < 1.29 is 18.3 Å². The number of amides is 2. The average Bonchev–Trinajstić information content (AvgIpc) is 3.31. The number of ether oxygens (including phenoxy) is 1. The van der Waals surface area contributed by atoms with Crippen LogP contribution in [0.25, 0.3) is 22.5 Å². The highest BCUT2D eigenvalue weighted by molar-refractivity contribution is 5.88. The predicted molar refractivity (Wildman–Crippen MR) is 151 cm³/mol. The molecule has 0 saturated carbocycles. The van der Waals surface area contributed by atoms with E-state index in [0.717, 1.165) is 21.4 Å². The van der Waals surface area contributed by atoms with Gasteiger partial charge in [-0.1, -0.05) is 18.2 Å². The molecule has 3 aromatic heterocycles. The molecule has 42 heavy (non-hydrogen) atoms. The van der Waals surface area contributed by atoms with Crippen LogP contribution in [0.15, 0.2) is 70.4 Å². The van der Waals surface area contributed by atoms with E-state index in [1.54, 1.807) is 30.5 Å². The highest BCUT2D eigenvalue weighted by atomic mass is 19.1. The van der Waals surface area contributed by atoms with Crippen molar-refractivity contribution in [2.75, 3.05) is 26.5 Å². The van der Waals surface area contributed by atoms with Gasteiger partial charge in [0.25, 0.3) is 5.56 Å². The molecule has 0 unspecified atom stereocenters. The summed E-state index contributed by atoms with van der Waals surface area (Å²) in [6, 6.07) is 12.2. The van der Waals surface area contributed by atoms with Crippen LogP contribution in [0, 0.1) is 11.6 Å².